The minimum atomic E-state index is -3.68. The Kier molecular flexibility index (Phi) is 5.29. The number of hydrogen-bond donors (Lipinski definition) is 1. The molecule has 2 rings (SSSR count). The summed E-state index contributed by atoms with van der Waals surface area (Å²) in [6.07, 6.45) is 3.58. The maximum absolute atomic E-state index is 12.0. The monoisotopic (exact) mass is 323 g/mol. The molecule has 8 heteroatoms. The van der Waals surface area contributed by atoms with Crippen LogP contribution in [0.15, 0.2) is 47.9 Å². The van der Waals surface area contributed by atoms with Crippen molar-refractivity contribution in [3.63, 3.8) is 0 Å². The van der Waals surface area contributed by atoms with Gasteiger partial charge in [-0.15, -0.1) is 0 Å². The van der Waals surface area contributed by atoms with Crippen LogP contribution in [0, 0.1) is 0 Å². The Morgan fingerprint density at radius 3 is 2.45 bits per heavy atom. The zero-order chi connectivity index (χ0) is 16.0. The lowest BCUT2D eigenvalue weighted by molar-refractivity contribution is 0.224. The topological polar surface area (TPSA) is 90.4 Å². The van der Waals surface area contributed by atoms with Gasteiger partial charge in [0.15, 0.2) is 5.03 Å². The predicted molar refractivity (Wildman–Crippen MR) is 80.3 cm³/mol. The zero-order valence-corrected chi connectivity index (χ0v) is 13.1. The molecule has 118 valence electrons. The third kappa shape index (κ3) is 4.40. The maximum Gasteiger partial charge on any atom is 0.259 e. The van der Waals surface area contributed by atoms with Crippen molar-refractivity contribution in [1.29, 1.82) is 0 Å². The Balaban J connectivity index is 1.90. The number of aromatic nitrogens is 2. The zero-order valence-electron chi connectivity index (χ0n) is 12.3. The second-order valence-corrected chi connectivity index (χ2v) is 6.21. The van der Waals surface area contributed by atoms with E-state index >= 15 is 0 Å². The molecule has 22 heavy (non-hydrogen) atoms. The molecule has 1 unspecified atom stereocenters. The Morgan fingerprint density at radius 1 is 1.18 bits per heavy atom. The lowest BCUT2D eigenvalue weighted by Crippen LogP contribution is -2.34. The van der Waals surface area contributed by atoms with E-state index in [2.05, 4.69) is 14.7 Å². The quantitative estimate of drug-likeness (QED) is 0.824. The van der Waals surface area contributed by atoms with Gasteiger partial charge in [0, 0.05) is 18.9 Å². The third-order valence-corrected chi connectivity index (χ3v) is 4.08. The Hall–Kier alpha value is -2.19. The highest BCUT2D eigenvalue weighted by molar-refractivity contribution is 7.89. The van der Waals surface area contributed by atoms with Gasteiger partial charge in [-0.25, -0.2) is 18.1 Å². The first-order valence-corrected chi connectivity index (χ1v) is 8.06. The van der Waals surface area contributed by atoms with Gasteiger partial charge in [-0.2, -0.15) is 0 Å². The molecule has 7 nitrogen and oxygen atoms in total. The number of methoxy groups -OCH3 is 1. The van der Waals surface area contributed by atoms with E-state index in [1.54, 1.807) is 38.3 Å². The van der Waals surface area contributed by atoms with E-state index in [1.165, 1.54) is 18.6 Å². The molecule has 0 saturated heterocycles. The van der Waals surface area contributed by atoms with Gasteiger partial charge in [0.25, 0.3) is 10.0 Å². The normalized spacial score (nSPS) is 12.6. The summed E-state index contributed by atoms with van der Waals surface area (Å²) in [5.74, 6) is 1.36. The number of rotatable bonds is 7. The van der Waals surface area contributed by atoms with Crippen LogP contribution in [-0.4, -0.2) is 38.1 Å². The van der Waals surface area contributed by atoms with Crippen molar-refractivity contribution < 1.29 is 17.9 Å². The minimum Gasteiger partial charge on any atom is -0.497 e. The molecule has 1 atom stereocenters. The Labute approximate surface area is 129 Å². The molecular weight excluding hydrogens is 306 g/mol. The van der Waals surface area contributed by atoms with Crippen molar-refractivity contribution in [2.45, 2.75) is 18.1 Å². The summed E-state index contributed by atoms with van der Waals surface area (Å²) in [4.78, 5) is 7.50. The van der Waals surface area contributed by atoms with Crippen LogP contribution in [0.25, 0.3) is 0 Å². The summed E-state index contributed by atoms with van der Waals surface area (Å²) in [6, 6.07) is 7.05. The fourth-order valence-corrected chi connectivity index (χ4v) is 2.65. The highest BCUT2D eigenvalue weighted by Crippen LogP contribution is 2.18. The molecule has 0 bridgehead atoms. The van der Waals surface area contributed by atoms with Gasteiger partial charge in [-0.3, -0.25) is 4.98 Å². The van der Waals surface area contributed by atoms with E-state index in [-0.39, 0.29) is 17.7 Å². The van der Waals surface area contributed by atoms with Gasteiger partial charge in [-0.05, 0) is 31.2 Å². The van der Waals surface area contributed by atoms with E-state index < -0.39 is 10.0 Å². The van der Waals surface area contributed by atoms with Crippen molar-refractivity contribution in [3.05, 3.63) is 42.9 Å². The second kappa shape index (κ2) is 7.19. The number of sulfonamides is 1. The lowest BCUT2D eigenvalue weighted by Gasteiger charge is -2.15. The van der Waals surface area contributed by atoms with Gasteiger partial charge < -0.3 is 9.47 Å². The fourth-order valence-electron chi connectivity index (χ4n) is 1.65. The van der Waals surface area contributed by atoms with E-state index in [0.717, 1.165) is 5.75 Å². The van der Waals surface area contributed by atoms with Crippen molar-refractivity contribution >= 4 is 10.0 Å². The standard InChI is InChI=1S/C14H17N3O4S/c1-11(21-13-5-3-12(20-2)4-6-13)9-17-22(18,19)14-10-15-7-8-16-14/h3-8,10-11,17H,9H2,1-2H3. The Morgan fingerprint density at radius 2 is 1.86 bits per heavy atom. The molecule has 1 N–H and O–H groups in total. The minimum absolute atomic E-state index is 0.116. The first kappa shape index (κ1) is 16.2. The molecule has 0 amide bonds. The summed E-state index contributed by atoms with van der Waals surface area (Å²) in [6.45, 7) is 1.88. The van der Waals surface area contributed by atoms with Crippen LogP contribution in [0.1, 0.15) is 6.92 Å². The molecule has 0 aliphatic rings. The van der Waals surface area contributed by atoms with E-state index in [9.17, 15) is 8.42 Å². The summed E-state index contributed by atoms with van der Waals surface area (Å²) >= 11 is 0. The van der Waals surface area contributed by atoms with Crippen LogP contribution in [0.3, 0.4) is 0 Å². The van der Waals surface area contributed by atoms with Crippen molar-refractivity contribution in [1.82, 2.24) is 14.7 Å². The van der Waals surface area contributed by atoms with Crippen molar-refractivity contribution in [2.75, 3.05) is 13.7 Å². The van der Waals surface area contributed by atoms with Gasteiger partial charge in [-0.1, -0.05) is 0 Å². The fraction of sp³-hybridized carbons (Fsp3) is 0.286. The van der Waals surface area contributed by atoms with Crippen LogP contribution in [0.4, 0.5) is 0 Å². The molecule has 0 spiro atoms. The SMILES string of the molecule is COc1ccc(OC(C)CNS(=O)(=O)c2cnccn2)cc1. The van der Waals surface area contributed by atoms with Crippen molar-refractivity contribution in [3.8, 4) is 11.5 Å². The van der Waals surface area contributed by atoms with Gasteiger partial charge in [0.05, 0.1) is 13.3 Å². The van der Waals surface area contributed by atoms with Crippen LogP contribution < -0.4 is 14.2 Å². The molecule has 0 aliphatic heterocycles. The average Bonchev–Trinajstić information content (AvgIpc) is 2.55. The maximum atomic E-state index is 12.0. The third-order valence-electron chi connectivity index (χ3n) is 2.77. The predicted octanol–water partition coefficient (Wildman–Crippen LogP) is 1.23. The van der Waals surface area contributed by atoms with E-state index in [4.69, 9.17) is 9.47 Å². The van der Waals surface area contributed by atoms with Crippen molar-refractivity contribution in [2.24, 2.45) is 0 Å². The molecule has 1 heterocycles. The molecular formula is C14H17N3O4S. The highest BCUT2D eigenvalue weighted by atomic mass is 32.2. The first-order chi connectivity index (χ1) is 10.5. The summed E-state index contributed by atoms with van der Waals surface area (Å²) in [5, 5.41) is -0.119. The number of nitrogens with one attached hydrogen (secondary N) is 1. The van der Waals surface area contributed by atoms with Crippen LogP contribution in [0.5, 0.6) is 11.5 Å². The number of nitrogens with zero attached hydrogens (tertiary/aromatic N) is 2. The van der Waals surface area contributed by atoms with Crippen LogP contribution >= 0.6 is 0 Å². The highest BCUT2D eigenvalue weighted by Gasteiger charge is 2.17. The molecule has 1 aromatic carbocycles. The van der Waals surface area contributed by atoms with Crippen LogP contribution in [-0.2, 0) is 10.0 Å². The molecule has 0 radical (unpaired) electrons. The summed E-state index contributed by atoms with van der Waals surface area (Å²) in [5.41, 5.74) is 0. The largest absolute Gasteiger partial charge is 0.497 e. The average molecular weight is 323 g/mol. The van der Waals surface area contributed by atoms with Crippen LogP contribution in [0.2, 0.25) is 0 Å². The molecule has 0 saturated carbocycles. The lowest BCUT2D eigenvalue weighted by atomic mass is 10.3. The van der Waals surface area contributed by atoms with Gasteiger partial charge in [0.2, 0.25) is 0 Å². The Bertz CT molecular complexity index is 690. The summed E-state index contributed by atoms with van der Waals surface area (Å²) in [7, 11) is -2.10. The molecule has 0 aliphatic carbocycles. The van der Waals surface area contributed by atoms with E-state index in [1.807, 2.05) is 0 Å². The first-order valence-electron chi connectivity index (χ1n) is 6.57. The van der Waals surface area contributed by atoms with Gasteiger partial charge in [0.1, 0.15) is 17.6 Å². The van der Waals surface area contributed by atoms with E-state index in [0.29, 0.717) is 5.75 Å². The smallest absolute Gasteiger partial charge is 0.259 e. The number of hydrogen-bond acceptors (Lipinski definition) is 6. The second-order valence-electron chi connectivity index (χ2n) is 4.50. The molecule has 2 aromatic rings. The number of ether oxygens (including phenoxy) is 2. The molecule has 1 aromatic heterocycles. The van der Waals surface area contributed by atoms with Gasteiger partial charge >= 0.3 is 0 Å². The number of benzene rings is 1. The molecule has 0 fully saturated rings. The summed E-state index contributed by atoms with van der Waals surface area (Å²) < 4.78 is 37.1.